The Morgan fingerprint density at radius 2 is 1.89 bits per heavy atom. The van der Waals surface area contributed by atoms with Crippen LogP contribution in [0.5, 0.6) is 0 Å². The largest absolute Gasteiger partial charge is 0.465 e. The summed E-state index contributed by atoms with van der Waals surface area (Å²) in [6.45, 7) is 4.86. The number of rotatable bonds is 12. The van der Waals surface area contributed by atoms with Crippen molar-refractivity contribution in [1.82, 2.24) is 15.4 Å². The number of carbonyl (C=O) groups is 1. The second kappa shape index (κ2) is 11.4. The van der Waals surface area contributed by atoms with Crippen LogP contribution in [0, 0.1) is 5.92 Å². The third-order valence-electron chi connectivity index (χ3n) is 6.14. The Morgan fingerprint density at radius 3 is 2.53 bits per heavy atom. The lowest BCUT2D eigenvalue weighted by molar-refractivity contribution is 0.122. The average Bonchev–Trinajstić information content (AvgIpc) is 3.58. The van der Waals surface area contributed by atoms with E-state index in [0.717, 1.165) is 35.5 Å². The van der Waals surface area contributed by atoms with Crippen LogP contribution in [-0.2, 0) is 16.4 Å². The van der Waals surface area contributed by atoms with E-state index in [9.17, 15) is 23.4 Å². The van der Waals surface area contributed by atoms with E-state index in [-0.39, 0.29) is 23.4 Å². The maximum atomic E-state index is 13.1. The topological polar surface area (TPSA) is 131 Å². The Labute approximate surface area is 216 Å². The predicted octanol–water partition coefficient (Wildman–Crippen LogP) is 2.81. The predicted molar refractivity (Wildman–Crippen MR) is 141 cm³/mol. The number of nitrogens with zero attached hydrogens (tertiary/aromatic N) is 1. The Morgan fingerprint density at radius 1 is 1.17 bits per heavy atom. The molecule has 1 aliphatic heterocycles. The van der Waals surface area contributed by atoms with Crippen LogP contribution >= 0.6 is 11.8 Å². The van der Waals surface area contributed by atoms with Crippen LogP contribution in [0.1, 0.15) is 32.3 Å². The second-order valence-corrected chi connectivity index (χ2v) is 12.6. The monoisotopic (exact) mass is 534 g/mol. The number of amides is 1. The summed E-state index contributed by atoms with van der Waals surface area (Å²) in [5.41, 5.74) is 1.91. The van der Waals surface area contributed by atoms with Crippen LogP contribution in [0.25, 0.3) is 0 Å². The minimum absolute atomic E-state index is 0.0727. The van der Waals surface area contributed by atoms with E-state index in [2.05, 4.69) is 34.1 Å². The molecule has 11 heteroatoms. The van der Waals surface area contributed by atoms with Gasteiger partial charge in [-0.15, -0.1) is 0 Å². The number of sulfonamides is 1. The maximum absolute atomic E-state index is 13.1. The van der Waals surface area contributed by atoms with Gasteiger partial charge in [-0.05, 0) is 48.9 Å². The summed E-state index contributed by atoms with van der Waals surface area (Å²) in [6.07, 6.45) is 0.0162. The first-order valence-corrected chi connectivity index (χ1v) is 14.5. The number of aliphatic hydroxyl groups is 1. The quantitative estimate of drug-likeness (QED) is 0.281. The summed E-state index contributed by atoms with van der Waals surface area (Å²) in [5.74, 6) is 0.454. The highest BCUT2D eigenvalue weighted by molar-refractivity contribution is 8.00. The molecule has 1 fully saturated rings. The van der Waals surface area contributed by atoms with Crippen LogP contribution in [0.15, 0.2) is 58.3 Å². The first-order valence-electron chi connectivity index (χ1n) is 12.2. The van der Waals surface area contributed by atoms with Crippen molar-refractivity contribution in [2.75, 3.05) is 18.0 Å². The van der Waals surface area contributed by atoms with Crippen LogP contribution in [0.2, 0.25) is 0 Å². The molecule has 0 bridgehead atoms. The van der Waals surface area contributed by atoms with Gasteiger partial charge in [0.15, 0.2) is 0 Å². The van der Waals surface area contributed by atoms with Gasteiger partial charge in [-0.2, -0.15) is 0 Å². The van der Waals surface area contributed by atoms with Gasteiger partial charge in [-0.25, -0.2) is 17.9 Å². The Hall–Kier alpha value is -2.31. The second-order valence-electron chi connectivity index (χ2n) is 9.75. The average molecular weight is 535 g/mol. The number of hydrogen-bond donors (Lipinski definition) is 5. The molecule has 36 heavy (non-hydrogen) atoms. The summed E-state index contributed by atoms with van der Waals surface area (Å²) in [5, 5.41) is 25.8. The Kier molecular flexibility index (Phi) is 8.46. The van der Waals surface area contributed by atoms with Crippen molar-refractivity contribution in [2.24, 2.45) is 5.92 Å². The fraction of sp³-hybridized carbons (Fsp3) is 0.480. The van der Waals surface area contributed by atoms with Gasteiger partial charge in [0.1, 0.15) is 5.50 Å². The molecule has 0 aromatic heterocycles. The molecular formula is C25H34N4O5S2. The normalized spacial score (nSPS) is 19.2. The molecular weight excluding hydrogens is 500 g/mol. The van der Waals surface area contributed by atoms with Gasteiger partial charge in [0.2, 0.25) is 10.0 Å². The molecule has 2 aromatic carbocycles. The summed E-state index contributed by atoms with van der Waals surface area (Å²) in [6, 6.07) is 13.9. The Bertz CT molecular complexity index is 1160. The minimum atomic E-state index is -3.92. The van der Waals surface area contributed by atoms with Gasteiger partial charge in [-0.3, -0.25) is 5.32 Å². The molecule has 1 amide bonds. The lowest BCUT2D eigenvalue weighted by atomic mass is 10.0. The number of aliphatic hydroxyl groups excluding tert-OH is 1. The van der Waals surface area contributed by atoms with Crippen LogP contribution < -0.4 is 20.3 Å². The number of fused-ring (bicyclic) bond motifs is 1. The fourth-order valence-electron chi connectivity index (χ4n) is 4.20. The molecule has 5 N–H and O–H groups in total. The standard InChI is InChI=1S/C25H34N4O5S2/c1-16(2)15-29-21-11-10-19(13-23(21)35-24(29)27-18-8-9-18)36(33,34)26-14-22(30)20(28-25(31)32)12-17-6-4-3-5-7-17/h3-7,10-11,13,16,18,20,22,24,26-28,30H,8-9,12,14-15H2,1-2H3,(H,31,32)/t20-,22-,24?/m0/s1. The van der Waals surface area contributed by atoms with E-state index < -0.39 is 28.3 Å². The summed E-state index contributed by atoms with van der Waals surface area (Å²) in [7, 11) is -3.92. The van der Waals surface area contributed by atoms with E-state index in [0.29, 0.717) is 12.0 Å². The van der Waals surface area contributed by atoms with Crippen molar-refractivity contribution in [2.45, 2.75) is 66.6 Å². The van der Waals surface area contributed by atoms with Crippen molar-refractivity contribution < 1.29 is 23.4 Å². The van der Waals surface area contributed by atoms with Crippen LogP contribution in [0.4, 0.5) is 10.5 Å². The number of nitrogens with one attached hydrogen (secondary N) is 3. The van der Waals surface area contributed by atoms with E-state index in [1.54, 1.807) is 23.9 Å². The zero-order chi connectivity index (χ0) is 25.9. The van der Waals surface area contributed by atoms with Gasteiger partial charge in [0.25, 0.3) is 0 Å². The Balaban J connectivity index is 1.44. The van der Waals surface area contributed by atoms with Crippen molar-refractivity contribution >= 4 is 33.6 Å². The highest BCUT2D eigenvalue weighted by Crippen LogP contribution is 2.44. The molecule has 0 spiro atoms. The van der Waals surface area contributed by atoms with Crippen molar-refractivity contribution in [3.63, 3.8) is 0 Å². The molecule has 2 aromatic rings. The number of anilines is 1. The van der Waals surface area contributed by atoms with Gasteiger partial charge in [0.05, 0.1) is 22.7 Å². The number of carboxylic acid groups (broad SMARTS) is 1. The van der Waals surface area contributed by atoms with Crippen molar-refractivity contribution in [1.29, 1.82) is 0 Å². The summed E-state index contributed by atoms with van der Waals surface area (Å²) < 4.78 is 28.6. The lowest BCUT2D eigenvalue weighted by Crippen LogP contribution is -2.49. The molecule has 0 radical (unpaired) electrons. The molecule has 1 saturated carbocycles. The first kappa shape index (κ1) is 26.7. The zero-order valence-corrected chi connectivity index (χ0v) is 22.1. The van der Waals surface area contributed by atoms with Gasteiger partial charge in [-0.1, -0.05) is 55.9 Å². The first-order chi connectivity index (χ1) is 17.1. The lowest BCUT2D eigenvalue weighted by Gasteiger charge is -2.29. The molecule has 1 heterocycles. The third kappa shape index (κ3) is 6.92. The SMILES string of the molecule is CC(C)CN1c2ccc(S(=O)(=O)NC[C@H](O)[C@H](Cc3ccccc3)NC(=O)O)cc2SC1NC1CC1. The van der Waals surface area contributed by atoms with Gasteiger partial charge >= 0.3 is 6.09 Å². The van der Waals surface area contributed by atoms with E-state index in [1.165, 1.54) is 0 Å². The third-order valence-corrected chi connectivity index (χ3v) is 8.76. The van der Waals surface area contributed by atoms with Crippen molar-refractivity contribution in [3.05, 3.63) is 54.1 Å². The molecule has 0 saturated heterocycles. The number of hydrogen-bond acceptors (Lipinski definition) is 7. The highest BCUT2D eigenvalue weighted by atomic mass is 32.2. The van der Waals surface area contributed by atoms with Gasteiger partial charge in [0, 0.05) is 24.0 Å². The molecule has 1 unspecified atom stereocenters. The van der Waals surface area contributed by atoms with Gasteiger partial charge < -0.3 is 20.4 Å². The van der Waals surface area contributed by atoms with E-state index in [1.807, 2.05) is 36.4 Å². The van der Waals surface area contributed by atoms with Crippen molar-refractivity contribution in [3.8, 4) is 0 Å². The fourth-order valence-corrected chi connectivity index (χ4v) is 6.68. The van der Waals surface area contributed by atoms with Crippen LogP contribution in [-0.4, -0.2) is 61.5 Å². The number of benzene rings is 2. The van der Waals surface area contributed by atoms with Crippen LogP contribution in [0.3, 0.4) is 0 Å². The maximum Gasteiger partial charge on any atom is 0.404 e. The molecule has 4 rings (SSSR count). The smallest absolute Gasteiger partial charge is 0.404 e. The zero-order valence-electron chi connectivity index (χ0n) is 20.4. The molecule has 3 atom stereocenters. The summed E-state index contributed by atoms with van der Waals surface area (Å²) in [4.78, 5) is 14.6. The van der Waals surface area contributed by atoms with E-state index in [4.69, 9.17) is 0 Å². The molecule has 1 aliphatic carbocycles. The molecule has 9 nitrogen and oxygen atoms in total. The molecule has 2 aliphatic rings. The van der Waals surface area contributed by atoms with E-state index >= 15 is 0 Å². The number of thioether (sulfide) groups is 1. The highest BCUT2D eigenvalue weighted by Gasteiger charge is 2.35. The summed E-state index contributed by atoms with van der Waals surface area (Å²) >= 11 is 1.62. The molecule has 196 valence electrons. The minimum Gasteiger partial charge on any atom is -0.465 e.